The standard InChI is InChI=1S/C31H40N4O5S/c1-18-20-11-13-35(28(20)33-17-32-18)25-14-22(26-27(25)39-31(5,6)38-26)24(16-41-37)21-9-7-8-19-10-12-34(15-23(19)21)29(36)40-30(2,3)4/h7-9,11,13,17,22,24-27,37H,10,12,14-16H2,1-6H3/t22-,24?,25-,26-,27+/m1/s1. The molecule has 9 nitrogen and oxygen atoms in total. The number of amides is 1. The van der Waals surface area contributed by atoms with Gasteiger partial charge in [0.25, 0.3) is 0 Å². The Hall–Kier alpha value is -2.66. The molecule has 10 heteroatoms. The van der Waals surface area contributed by atoms with Crippen molar-refractivity contribution in [3.05, 3.63) is 59.2 Å². The Morgan fingerprint density at radius 3 is 2.76 bits per heavy atom. The average molecular weight is 581 g/mol. The second-order valence-corrected chi connectivity index (χ2v) is 13.6. The summed E-state index contributed by atoms with van der Waals surface area (Å²) in [6, 6.07) is 8.51. The lowest BCUT2D eigenvalue weighted by Gasteiger charge is -2.35. The van der Waals surface area contributed by atoms with Crippen molar-refractivity contribution >= 4 is 29.2 Å². The number of carbonyl (C=O) groups excluding carboxylic acids is 1. The fraction of sp³-hybridized carbons (Fsp3) is 0.581. The molecule has 1 saturated heterocycles. The van der Waals surface area contributed by atoms with Gasteiger partial charge in [-0.3, -0.25) is 0 Å². The van der Waals surface area contributed by atoms with Gasteiger partial charge in [0.1, 0.15) is 23.7 Å². The van der Waals surface area contributed by atoms with Gasteiger partial charge in [0.05, 0.1) is 17.8 Å². The number of rotatable bonds is 5. The first-order valence-corrected chi connectivity index (χ1v) is 15.4. The number of carbonyl (C=O) groups is 1. The molecule has 3 aliphatic rings. The summed E-state index contributed by atoms with van der Waals surface area (Å²) in [4.78, 5) is 23.8. The lowest BCUT2D eigenvalue weighted by atomic mass is 9.80. The second kappa shape index (κ2) is 10.6. The van der Waals surface area contributed by atoms with Crippen LogP contribution in [-0.4, -0.2) is 66.0 Å². The van der Waals surface area contributed by atoms with Crippen LogP contribution in [0.25, 0.3) is 11.0 Å². The van der Waals surface area contributed by atoms with Gasteiger partial charge in [-0.05, 0) is 95.1 Å². The van der Waals surface area contributed by atoms with E-state index < -0.39 is 11.4 Å². The number of ether oxygens (including phenoxy) is 3. The van der Waals surface area contributed by atoms with Gasteiger partial charge in [0.2, 0.25) is 0 Å². The minimum Gasteiger partial charge on any atom is -0.444 e. The fourth-order valence-electron chi connectivity index (χ4n) is 6.98. The number of benzene rings is 1. The van der Waals surface area contributed by atoms with E-state index in [4.69, 9.17) is 14.2 Å². The first-order chi connectivity index (χ1) is 19.5. The Kier molecular flexibility index (Phi) is 7.33. The third-order valence-electron chi connectivity index (χ3n) is 8.68. The first-order valence-electron chi connectivity index (χ1n) is 14.4. The molecule has 220 valence electrons. The van der Waals surface area contributed by atoms with Crippen LogP contribution < -0.4 is 0 Å². The van der Waals surface area contributed by atoms with Crippen molar-refractivity contribution in [3.63, 3.8) is 0 Å². The Balaban J connectivity index is 1.37. The summed E-state index contributed by atoms with van der Waals surface area (Å²) in [6.45, 7) is 12.7. The van der Waals surface area contributed by atoms with E-state index in [-0.39, 0.29) is 36.2 Å². The summed E-state index contributed by atoms with van der Waals surface area (Å²) in [7, 11) is 0. The third-order valence-corrected chi connectivity index (χ3v) is 9.18. The highest BCUT2D eigenvalue weighted by Crippen LogP contribution is 2.53. The van der Waals surface area contributed by atoms with E-state index in [0.29, 0.717) is 18.8 Å². The van der Waals surface area contributed by atoms with Crippen LogP contribution in [0.15, 0.2) is 36.8 Å². The van der Waals surface area contributed by atoms with Gasteiger partial charge in [0.15, 0.2) is 5.79 Å². The van der Waals surface area contributed by atoms with Crippen molar-refractivity contribution in [3.8, 4) is 0 Å². The average Bonchev–Trinajstić information content (AvgIpc) is 3.57. The summed E-state index contributed by atoms with van der Waals surface area (Å²) in [5.74, 6) is -0.135. The van der Waals surface area contributed by atoms with Gasteiger partial charge < -0.3 is 28.2 Å². The topological polar surface area (TPSA) is 98.9 Å². The van der Waals surface area contributed by atoms with Gasteiger partial charge in [0, 0.05) is 36.3 Å². The highest BCUT2D eigenvalue weighted by Gasteiger charge is 2.56. The molecule has 0 radical (unpaired) electrons. The smallest absolute Gasteiger partial charge is 0.410 e. The molecule has 2 aliphatic heterocycles. The summed E-state index contributed by atoms with van der Waals surface area (Å²) >= 11 is 0.865. The van der Waals surface area contributed by atoms with Gasteiger partial charge in [-0.25, -0.2) is 14.8 Å². The van der Waals surface area contributed by atoms with Crippen LogP contribution in [0.1, 0.15) is 75.4 Å². The predicted molar refractivity (Wildman–Crippen MR) is 158 cm³/mol. The van der Waals surface area contributed by atoms with Crippen LogP contribution in [0.5, 0.6) is 0 Å². The maximum Gasteiger partial charge on any atom is 0.410 e. The van der Waals surface area contributed by atoms with E-state index >= 15 is 0 Å². The minimum absolute atomic E-state index is 0.00766. The number of nitrogens with zero attached hydrogens (tertiary/aromatic N) is 4. The largest absolute Gasteiger partial charge is 0.444 e. The molecular formula is C31H40N4O5S. The maximum absolute atomic E-state index is 13.0. The molecule has 1 unspecified atom stereocenters. The lowest BCUT2D eigenvalue weighted by Crippen LogP contribution is -2.40. The maximum atomic E-state index is 13.0. The Morgan fingerprint density at radius 1 is 1.22 bits per heavy atom. The number of hydrogen-bond acceptors (Lipinski definition) is 8. The number of aryl methyl sites for hydroxylation is 1. The second-order valence-electron chi connectivity index (χ2n) is 13.0. The molecule has 4 heterocycles. The van der Waals surface area contributed by atoms with Crippen LogP contribution in [0.4, 0.5) is 4.79 Å². The van der Waals surface area contributed by atoms with Gasteiger partial charge >= 0.3 is 6.09 Å². The van der Waals surface area contributed by atoms with Crippen molar-refractivity contribution in [2.75, 3.05) is 12.3 Å². The highest BCUT2D eigenvalue weighted by atomic mass is 32.2. The highest BCUT2D eigenvalue weighted by molar-refractivity contribution is 7.93. The SMILES string of the molecule is Cc1ncnc2c1ccn2[C@@H]1C[C@H](C(CSO)c2cccc3c2CN(C(=O)OC(C)(C)C)CC3)[C@H]2OC(C)(C)O[C@H]21. The number of aromatic nitrogens is 3. The molecule has 2 fully saturated rings. The Labute approximate surface area is 245 Å². The third kappa shape index (κ3) is 5.35. The van der Waals surface area contributed by atoms with Crippen molar-refractivity contribution < 1.29 is 23.6 Å². The molecular weight excluding hydrogens is 540 g/mol. The monoisotopic (exact) mass is 580 g/mol. The molecule has 6 rings (SSSR count). The Bertz CT molecular complexity index is 1450. The van der Waals surface area contributed by atoms with Crippen LogP contribution in [0.2, 0.25) is 0 Å². The molecule has 1 aliphatic carbocycles. The van der Waals surface area contributed by atoms with Crippen molar-refractivity contribution in [1.82, 2.24) is 19.4 Å². The van der Waals surface area contributed by atoms with Crippen LogP contribution in [0.3, 0.4) is 0 Å². The summed E-state index contributed by atoms with van der Waals surface area (Å²) in [5, 5.41) is 1.03. The van der Waals surface area contributed by atoms with E-state index in [2.05, 4.69) is 45.0 Å². The minimum atomic E-state index is -0.722. The fourth-order valence-corrected chi connectivity index (χ4v) is 7.57. The molecule has 3 aromatic rings. The molecule has 0 spiro atoms. The molecule has 1 amide bonds. The van der Waals surface area contributed by atoms with Crippen molar-refractivity contribution in [2.24, 2.45) is 5.92 Å². The quantitative estimate of drug-likeness (QED) is 0.361. The zero-order chi connectivity index (χ0) is 29.1. The van der Waals surface area contributed by atoms with Gasteiger partial charge in [-0.1, -0.05) is 18.2 Å². The molecule has 1 aromatic carbocycles. The molecule has 1 N–H and O–H groups in total. The van der Waals surface area contributed by atoms with Gasteiger partial charge in [-0.15, -0.1) is 0 Å². The summed E-state index contributed by atoms with van der Waals surface area (Å²) in [6.07, 6.45) is 4.66. The van der Waals surface area contributed by atoms with Gasteiger partial charge in [-0.2, -0.15) is 0 Å². The Morgan fingerprint density at radius 2 is 2.00 bits per heavy atom. The van der Waals surface area contributed by atoms with Crippen LogP contribution in [-0.2, 0) is 27.2 Å². The zero-order valence-electron chi connectivity index (χ0n) is 24.7. The number of hydrogen-bond donors (Lipinski definition) is 1. The summed E-state index contributed by atoms with van der Waals surface area (Å²) in [5.41, 5.74) is 4.84. The van der Waals surface area contributed by atoms with E-state index in [1.807, 2.05) is 41.5 Å². The molecule has 1 saturated carbocycles. The van der Waals surface area contributed by atoms with E-state index in [9.17, 15) is 9.35 Å². The van der Waals surface area contributed by atoms with Crippen LogP contribution in [0, 0.1) is 12.8 Å². The molecule has 0 bridgehead atoms. The predicted octanol–water partition coefficient (Wildman–Crippen LogP) is 6.10. The number of fused-ring (bicyclic) bond motifs is 3. The molecule has 5 atom stereocenters. The molecule has 2 aromatic heterocycles. The zero-order valence-corrected chi connectivity index (χ0v) is 25.5. The van der Waals surface area contributed by atoms with Crippen molar-refractivity contribution in [2.45, 2.75) is 96.5 Å². The normalized spacial score (nSPS) is 26.2. The van der Waals surface area contributed by atoms with E-state index in [1.165, 1.54) is 5.56 Å². The first kappa shape index (κ1) is 28.5. The molecule has 41 heavy (non-hydrogen) atoms. The summed E-state index contributed by atoms with van der Waals surface area (Å²) < 4.78 is 31.3. The van der Waals surface area contributed by atoms with Crippen molar-refractivity contribution in [1.29, 1.82) is 0 Å². The van der Waals surface area contributed by atoms with Crippen LogP contribution >= 0.6 is 12.0 Å². The lowest BCUT2D eigenvalue weighted by molar-refractivity contribution is -0.161. The van der Waals surface area contributed by atoms with E-state index in [0.717, 1.165) is 52.7 Å². The van der Waals surface area contributed by atoms with E-state index in [1.54, 1.807) is 11.2 Å².